The van der Waals surface area contributed by atoms with Crippen molar-refractivity contribution in [3.05, 3.63) is 27.8 Å². The summed E-state index contributed by atoms with van der Waals surface area (Å²) in [6.07, 6.45) is -0.0163. The highest BCUT2D eigenvalue weighted by molar-refractivity contribution is 6.32. The molecular weight excluding hydrogens is 226 g/mol. The summed E-state index contributed by atoms with van der Waals surface area (Å²) in [4.78, 5) is 11.4. The summed E-state index contributed by atoms with van der Waals surface area (Å²) in [5, 5.41) is 0.530. The van der Waals surface area contributed by atoms with Gasteiger partial charge in [0.05, 0.1) is 11.7 Å². The van der Waals surface area contributed by atoms with E-state index < -0.39 is 5.91 Å². The van der Waals surface area contributed by atoms with Crippen molar-refractivity contribution in [2.24, 2.45) is 5.73 Å². The van der Waals surface area contributed by atoms with Gasteiger partial charge in [-0.05, 0) is 44.9 Å². The van der Waals surface area contributed by atoms with Gasteiger partial charge in [0.1, 0.15) is 5.75 Å². The summed E-state index contributed by atoms with van der Waals surface area (Å²) in [7, 11) is 0. The maximum atomic E-state index is 11.4. The molecule has 16 heavy (non-hydrogen) atoms. The standard InChI is InChI=1S/C12H16ClNO2/c1-6(2)16-11-7(3)5-9(13)8(4)10(11)12(14)15/h5-6H,1-4H3,(H2,14,15). The van der Waals surface area contributed by atoms with Gasteiger partial charge in [-0.25, -0.2) is 0 Å². The van der Waals surface area contributed by atoms with E-state index in [-0.39, 0.29) is 6.10 Å². The minimum atomic E-state index is -0.515. The molecule has 1 aromatic carbocycles. The fourth-order valence-corrected chi connectivity index (χ4v) is 1.79. The Balaban J connectivity index is 3.44. The topological polar surface area (TPSA) is 52.3 Å². The Kier molecular flexibility index (Phi) is 3.81. The fourth-order valence-electron chi connectivity index (χ4n) is 1.54. The average molecular weight is 242 g/mol. The molecule has 0 atom stereocenters. The van der Waals surface area contributed by atoms with Crippen molar-refractivity contribution in [2.45, 2.75) is 33.8 Å². The molecule has 0 spiro atoms. The van der Waals surface area contributed by atoms with Gasteiger partial charge in [-0.1, -0.05) is 11.6 Å². The zero-order valence-electron chi connectivity index (χ0n) is 9.93. The average Bonchev–Trinajstić information content (AvgIpc) is 2.13. The predicted octanol–water partition coefficient (Wildman–Crippen LogP) is 2.84. The molecule has 0 radical (unpaired) electrons. The van der Waals surface area contributed by atoms with Crippen LogP contribution in [0.5, 0.6) is 5.75 Å². The lowest BCUT2D eigenvalue weighted by Gasteiger charge is -2.17. The number of amides is 1. The number of benzene rings is 1. The summed E-state index contributed by atoms with van der Waals surface area (Å²) < 4.78 is 5.61. The van der Waals surface area contributed by atoms with E-state index >= 15 is 0 Å². The highest BCUT2D eigenvalue weighted by atomic mass is 35.5. The van der Waals surface area contributed by atoms with E-state index in [1.807, 2.05) is 20.8 Å². The van der Waals surface area contributed by atoms with Crippen LogP contribution < -0.4 is 10.5 Å². The molecule has 0 aliphatic carbocycles. The highest BCUT2D eigenvalue weighted by Crippen LogP contribution is 2.32. The minimum Gasteiger partial charge on any atom is -0.490 e. The van der Waals surface area contributed by atoms with Crippen molar-refractivity contribution in [3.63, 3.8) is 0 Å². The normalized spacial score (nSPS) is 10.6. The second kappa shape index (κ2) is 4.74. The Morgan fingerprint density at radius 2 is 2.00 bits per heavy atom. The summed E-state index contributed by atoms with van der Waals surface area (Å²) in [6.45, 7) is 7.40. The first kappa shape index (κ1) is 12.8. The molecule has 0 aromatic heterocycles. The molecule has 0 fully saturated rings. The van der Waals surface area contributed by atoms with Crippen LogP contribution in [0.4, 0.5) is 0 Å². The molecule has 0 saturated carbocycles. The van der Waals surface area contributed by atoms with E-state index in [4.69, 9.17) is 22.1 Å². The largest absolute Gasteiger partial charge is 0.490 e. The second-order valence-electron chi connectivity index (χ2n) is 4.04. The van der Waals surface area contributed by atoms with Gasteiger partial charge < -0.3 is 10.5 Å². The lowest BCUT2D eigenvalue weighted by Crippen LogP contribution is -2.18. The summed E-state index contributed by atoms with van der Waals surface area (Å²) in [5.41, 5.74) is 7.21. The van der Waals surface area contributed by atoms with Gasteiger partial charge in [0, 0.05) is 5.02 Å². The van der Waals surface area contributed by atoms with Crippen LogP contribution in [0.1, 0.15) is 35.3 Å². The van der Waals surface area contributed by atoms with E-state index in [0.29, 0.717) is 21.9 Å². The van der Waals surface area contributed by atoms with Crippen molar-refractivity contribution in [1.29, 1.82) is 0 Å². The summed E-state index contributed by atoms with van der Waals surface area (Å²) >= 11 is 6.01. The monoisotopic (exact) mass is 241 g/mol. The predicted molar refractivity (Wildman–Crippen MR) is 65.2 cm³/mol. The molecule has 0 heterocycles. The number of carbonyl (C=O) groups excluding carboxylic acids is 1. The lowest BCUT2D eigenvalue weighted by atomic mass is 10.0. The van der Waals surface area contributed by atoms with Gasteiger partial charge in [-0.15, -0.1) is 0 Å². The maximum Gasteiger partial charge on any atom is 0.252 e. The third-order valence-corrected chi connectivity index (χ3v) is 2.65. The van der Waals surface area contributed by atoms with Crippen molar-refractivity contribution in [2.75, 3.05) is 0 Å². The van der Waals surface area contributed by atoms with Crippen LogP contribution in [-0.4, -0.2) is 12.0 Å². The lowest BCUT2D eigenvalue weighted by molar-refractivity contribution is 0.0993. The Morgan fingerprint density at radius 1 is 1.44 bits per heavy atom. The van der Waals surface area contributed by atoms with Crippen molar-refractivity contribution >= 4 is 17.5 Å². The van der Waals surface area contributed by atoms with E-state index in [9.17, 15) is 4.79 Å². The van der Waals surface area contributed by atoms with Crippen LogP contribution in [-0.2, 0) is 0 Å². The Morgan fingerprint density at radius 3 is 2.44 bits per heavy atom. The number of halogens is 1. The van der Waals surface area contributed by atoms with Gasteiger partial charge in [0.2, 0.25) is 0 Å². The van der Waals surface area contributed by atoms with Gasteiger partial charge in [-0.2, -0.15) is 0 Å². The van der Waals surface area contributed by atoms with Crippen LogP contribution in [0.25, 0.3) is 0 Å². The third-order valence-electron chi connectivity index (χ3n) is 2.26. The third kappa shape index (κ3) is 2.47. The van der Waals surface area contributed by atoms with Crippen LogP contribution in [0.2, 0.25) is 5.02 Å². The molecule has 0 saturated heterocycles. The first-order valence-electron chi connectivity index (χ1n) is 5.10. The second-order valence-corrected chi connectivity index (χ2v) is 4.44. The Hall–Kier alpha value is -1.22. The number of rotatable bonds is 3. The molecule has 0 bridgehead atoms. The molecule has 1 rings (SSSR count). The number of hydrogen-bond acceptors (Lipinski definition) is 2. The van der Waals surface area contributed by atoms with Crippen molar-refractivity contribution in [3.8, 4) is 5.75 Å². The van der Waals surface area contributed by atoms with Crippen LogP contribution >= 0.6 is 11.6 Å². The number of nitrogens with two attached hydrogens (primary N) is 1. The molecule has 4 heteroatoms. The SMILES string of the molecule is Cc1cc(Cl)c(C)c(C(N)=O)c1OC(C)C. The molecule has 0 aliphatic heterocycles. The smallest absolute Gasteiger partial charge is 0.252 e. The molecule has 1 aromatic rings. The molecule has 3 nitrogen and oxygen atoms in total. The van der Waals surface area contributed by atoms with Crippen LogP contribution in [0.3, 0.4) is 0 Å². The number of ether oxygens (including phenoxy) is 1. The fraction of sp³-hybridized carbons (Fsp3) is 0.417. The zero-order valence-corrected chi connectivity index (χ0v) is 10.7. The molecule has 0 unspecified atom stereocenters. The van der Waals surface area contributed by atoms with E-state index in [2.05, 4.69) is 0 Å². The van der Waals surface area contributed by atoms with E-state index in [1.165, 1.54) is 0 Å². The molecule has 88 valence electrons. The summed E-state index contributed by atoms with van der Waals surface area (Å²) in [6, 6.07) is 1.78. The minimum absolute atomic E-state index is 0.0163. The number of hydrogen-bond donors (Lipinski definition) is 1. The van der Waals surface area contributed by atoms with Gasteiger partial charge >= 0.3 is 0 Å². The maximum absolute atomic E-state index is 11.4. The first-order valence-corrected chi connectivity index (χ1v) is 5.48. The number of aryl methyl sites for hydroxylation is 1. The van der Waals surface area contributed by atoms with E-state index in [1.54, 1.807) is 13.0 Å². The Labute approximate surface area is 101 Å². The first-order chi connectivity index (χ1) is 7.34. The van der Waals surface area contributed by atoms with Gasteiger partial charge in [-0.3, -0.25) is 4.79 Å². The van der Waals surface area contributed by atoms with Crippen molar-refractivity contribution < 1.29 is 9.53 Å². The van der Waals surface area contributed by atoms with Crippen molar-refractivity contribution in [1.82, 2.24) is 0 Å². The van der Waals surface area contributed by atoms with Crippen LogP contribution in [0, 0.1) is 13.8 Å². The number of primary amides is 1. The molecular formula is C12H16ClNO2. The Bertz CT molecular complexity index is 428. The molecule has 1 amide bonds. The number of carbonyl (C=O) groups is 1. The van der Waals surface area contributed by atoms with Gasteiger partial charge in [0.15, 0.2) is 0 Å². The quantitative estimate of drug-likeness (QED) is 0.885. The zero-order chi connectivity index (χ0) is 12.5. The highest BCUT2D eigenvalue weighted by Gasteiger charge is 2.18. The van der Waals surface area contributed by atoms with E-state index in [0.717, 1.165) is 5.56 Å². The van der Waals surface area contributed by atoms with Crippen LogP contribution in [0.15, 0.2) is 6.07 Å². The summed E-state index contributed by atoms with van der Waals surface area (Å²) in [5.74, 6) is 0.0168. The van der Waals surface area contributed by atoms with Gasteiger partial charge in [0.25, 0.3) is 5.91 Å². The molecule has 2 N–H and O–H groups in total. The molecule has 0 aliphatic rings.